The maximum atomic E-state index is 2.28. The van der Waals surface area contributed by atoms with Crippen molar-refractivity contribution in [3.8, 4) is 0 Å². The van der Waals surface area contributed by atoms with Crippen LogP contribution >= 0.6 is 0 Å². The highest BCUT2D eigenvalue weighted by atomic mass is 27.0. The van der Waals surface area contributed by atoms with Gasteiger partial charge in [-0.3, -0.25) is 0 Å². The van der Waals surface area contributed by atoms with E-state index in [2.05, 4.69) is 13.8 Å². The normalized spacial score (nSPS) is 14.8. The summed E-state index contributed by atoms with van der Waals surface area (Å²) < 4.78 is 1.02. The third kappa shape index (κ3) is 4.53. The Morgan fingerprint density at radius 3 is 2.20 bits per heavy atom. The second-order valence-corrected chi connectivity index (χ2v) is 3.77. The van der Waals surface area contributed by atoms with Crippen molar-refractivity contribution in [2.24, 2.45) is 0 Å². The Morgan fingerprint density at radius 1 is 2.00 bits per heavy atom. The van der Waals surface area contributed by atoms with E-state index in [9.17, 15) is 0 Å². The minimum atomic E-state index is 0. The zero-order valence-corrected chi connectivity index (χ0v) is 6.28. The monoisotopic (exact) mass is 88.1 g/mol. The molecule has 1 atom stereocenters. The summed E-state index contributed by atoms with van der Waals surface area (Å²) in [5.41, 5.74) is 0. The lowest BCUT2D eigenvalue weighted by molar-refractivity contribution is 0.880. The highest BCUT2D eigenvalue weighted by Gasteiger charge is 1.81. The SMILES string of the molecule is CC[CH](C)[AlH2].[HH]. The van der Waals surface area contributed by atoms with Gasteiger partial charge in [0.2, 0.25) is 16.3 Å². The highest BCUT2D eigenvalue weighted by Crippen LogP contribution is 1.97. The predicted molar refractivity (Wildman–Crippen MR) is 30.4 cm³/mol. The van der Waals surface area contributed by atoms with Crippen LogP contribution in [0.4, 0.5) is 0 Å². The molecule has 0 saturated heterocycles. The van der Waals surface area contributed by atoms with Crippen LogP contribution in [0.2, 0.25) is 4.78 Å². The largest absolute Gasteiger partial charge is 0.215 e. The molecule has 0 aromatic carbocycles. The molecule has 0 nitrogen and oxygen atoms in total. The second kappa shape index (κ2) is 2.75. The smallest absolute Gasteiger partial charge is 0.0931 e. The summed E-state index contributed by atoms with van der Waals surface area (Å²) in [5, 5.41) is 0. The third-order valence-corrected chi connectivity index (χ3v) is 1.63. The van der Waals surface area contributed by atoms with Crippen LogP contribution in [-0.4, -0.2) is 16.3 Å². The Kier molecular flexibility index (Phi) is 3.05. The first-order chi connectivity index (χ1) is 2.27. The van der Waals surface area contributed by atoms with Gasteiger partial charge in [-0.1, -0.05) is 25.0 Å². The van der Waals surface area contributed by atoms with Crippen molar-refractivity contribution in [2.45, 2.75) is 25.0 Å². The fourth-order valence-corrected chi connectivity index (χ4v) is 0. The quantitative estimate of drug-likeness (QED) is 0.421. The van der Waals surface area contributed by atoms with E-state index in [-0.39, 0.29) is 1.43 Å². The van der Waals surface area contributed by atoms with Gasteiger partial charge < -0.3 is 0 Å². The van der Waals surface area contributed by atoms with Crippen LogP contribution in [0.3, 0.4) is 0 Å². The van der Waals surface area contributed by atoms with E-state index in [1.165, 1.54) is 22.7 Å². The van der Waals surface area contributed by atoms with Gasteiger partial charge in [0.25, 0.3) is 0 Å². The lowest BCUT2D eigenvalue weighted by Gasteiger charge is -1.89. The van der Waals surface area contributed by atoms with Gasteiger partial charge >= 0.3 is 0 Å². The minimum Gasteiger partial charge on any atom is -0.0931 e. The fourth-order valence-electron chi connectivity index (χ4n) is 0. The van der Waals surface area contributed by atoms with Crippen molar-refractivity contribution in [2.75, 3.05) is 0 Å². The maximum absolute atomic E-state index is 2.28. The zero-order chi connectivity index (χ0) is 4.28. The lowest BCUT2D eigenvalue weighted by atomic mass is 10.4. The van der Waals surface area contributed by atoms with Crippen molar-refractivity contribution >= 4 is 16.3 Å². The van der Waals surface area contributed by atoms with E-state index >= 15 is 0 Å². The van der Waals surface area contributed by atoms with Crippen LogP contribution < -0.4 is 0 Å². The standard InChI is InChI=1S/C4H9.Al.H2.2H/c1-3-4-2;;;;/h3H,4H2,1-2H3;;1H;;. The lowest BCUT2D eigenvalue weighted by Crippen LogP contribution is -1.76. The van der Waals surface area contributed by atoms with Crippen LogP contribution in [0, 0.1) is 0 Å². The molecule has 32 valence electrons. The molecular formula is C4H13Al. The van der Waals surface area contributed by atoms with Crippen LogP contribution in [0.1, 0.15) is 21.7 Å². The molecular weight excluding hydrogens is 75.0 g/mol. The molecule has 1 heteroatoms. The highest BCUT2D eigenvalue weighted by molar-refractivity contribution is 6.11. The summed E-state index contributed by atoms with van der Waals surface area (Å²) in [5.74, 6) is 0. The van der Waals surface area contributed by atoms with Gasteiger partial charge in [-0.15, -0.1) is 0 Å². The second-order valence-electron chi connectivity index (χ2n) is 1.80. The molecule has 0 amide bonds. The summed E-state index contributed by atoms with van der Waals surface area (Å²) in [6.07, 6.45) is 1.37. The van der Waals surface area contributed by atoms with Gasteiger partial charge in [0.1, 0.15) is 0 Å². The third-order valence-electron chi connectivity index (χ3n) is 0.816. The molecule has 0 N–H and O–H groups in total. The first-order valence-electron chi connectivity index (χ1n) is 2.27. The summed E-state index contributed by atoms with van der Waals surface area (Å²) in [4.78, 5) is 0. The van der Waals surface area contributed by atoms with Crippen LogP contribution in [0.5, 0.6) is 0 Å². The average Bonchev–Trinajstić information content (AvgIpc) is 1.38. The number of rotatable bonds is 1. The Hall–Kier alpha value is 0.532. The molecule has 5 heavy (non-hydrogen) atoms. The van der Waals surface area contributed by atoms with Gasteiger partial charge in [-0.25, -0.2) is 0 Å². The molecule has 0 aromatic heterocycles. The molecule has 0 bridgehead atoms. The van der Waals surface area contributed by atoms with E-state index < -0.39 is 0 Å². The first kappa shape index (κ1) is 5.53. The van der Waals surface area contributed by atoms with E-state index in [0.717, 1.165) is 4.78 Å². The molecule has 0 aromatic rings. The molecule has 0 aliphatic carbocycles. The summed E-state index contributed by atoms with van der Waals surface area (Å²) in [6.45, 7) is 4.52. The molecule has 0 saturated carbocycles. The van der Waals surface area contributed by atoms with Gasteiger partial charge in [0.05, 0.1) is 0 Å². The predicted octanol–water partition coefficient (Wildman–Crippen LogP) is 1.08. The Labute approximate surface area is 43.5 Å². The van der Waals surface area contributed by atoms with Crippen molar-refractivity contribution in [3.63, 3.8) is 0 Å². The van der Waals surface area contributed by atoms with E-state index in [4.69, 9.17) is 0 Å². The summed E-state index contributed by atoms with van der Waals surface area (Å²) >= 11 is 1.37. The van der Waals surface area contributed by atoms with Crippen LogP contribution in [0.15, 0.2) is 0 Å². The van der Waals surface area contributed by atoms with Crippen molar-refractivity contribution < 1.29 is 1.43 Å². The van der Waals surface area contributed by atoms with Crippen LogP contribution in [0.25, 0.3) is 0 Å². The topological polar surface area (TPSA) is 0 Å². The summed E-state index contributed by atoms with van der Waals surface area (Å²) in [7, 11) is 0. The molecule has 0 rings (SSSR count). The van der Waals surface area contributed by atoms with Crippen molar-refractivity contribution in [1.29, 1.82) is 0 Å². The van der Waals surface area contributed by atoms with Gasteiger partial charge in [-0.05, 0) is 0 Å². The van der Waals surface area contributed by atoms with E-state index in [1.807, 2.05) is 0 Å². The van der Waals surface area contributed by atoms with Crippen molar-refractivity contribution in [1.82, 2.24) is 0 Å². The van der Waals surface area contributed by atoms with E-state index in [1.54, 1.807) is 0 Å². The summed E-state index contributed by atoms with van der Waals surface area (Å²) in [6, 6.07) is 0. The Balaban J connectivity index is 0. The minimum absolute atomic E-state index is 0. The Bertz CT molecular complexity index is 21.5. The molecule has 0 heterocycles. The number of hydrogen-bond acceptors (Lipinski definition) is 0. The maximum Gasteiger partial charge on any atom is 0.215 e. The molecule has 0 spiro atoms. The van der Waals surface area contributed by atoms with E-state index in [0.29, 0.717) is 0 Å². The molecule has 1 unspecified atom stereocenters. The fraction of sp³-hybridized carbons (Fsp3) is 1.00. The molecule has 0 fully saturated rings. The molecule has 0 aliphatic rings. The van der Waals surface area contributed by atoms with Gasteiger partial charge in [-0.2, -0.15) is 0 Å². The van der Waals surface area contributed by atoms with Crippen LogP contribution in [-0.2, 0) is 0 Å². The van der Waals surface area contributed by atoms with Crippen molar-refractivity contribution in [3.05, 3.63) is 0 Å². The van der Waals surface area contributed by atoms with Gasteiger partial charge in [0.15, 0.2) is 0 Å². The molecule has 0 radical (unpaired) electrons. The molecule has 0 aliphatic heterocycles. The Morgan fingerprint density at radius 2 is 2.20 bits per heavy atom. The first-order valence-corrected chi connectivity index (χ1v) is 3.42. The van der Waals surface area contributed by atoms with Gasteiger partial charge in [0, 0.05) is 1.43 Å². The number of hydrogen-bond donors (Lipinski definition) is 0. The zero-order valence-electron chi connectivity index (χ0n) is 4.28. The average molecular weight is 88.1 g/mol.